The number of carboxylic acids is 1. The van der Waals surface area contributed by atoms with E-state index in [1.807, 2.05) is 26.1 Å². The predicted molar refractivity (Wildman–Crippen MR) is 139 cm³/mol. The van der Waals surface area contributed by atoms with Crippen molar-refractivity contribution in [2.45, 2.75) is 66.8 Å². The van der Waals surface area contributed by atoms with Crippen LogP contribution in [0.3, 0.4) is 0 Å². The first kappa shape index (κ1) is 25.8. The number of nitrogens with one attached hydrogen (secondary N) is 1. The lowest BCUT2D eigenvalue weighted by Crippen LogP contribution is -2.55. The molecule has 0 radical (unpaired) electrons. The summed E-state index contributed by atoms with van der Waals surface area (Å²) in [6.45, 7) is 14.7. The summed E-state index contributed by atoms with van der Waals surface area (Å²) >= 11 is 6.70. The molecule has 1 atom stereocenters. The second kappa shape index (κ2) is 9.46. The molecule has 6 heteroatoms. The van der Waals surface area contributed by atoms with Gasteiger partial charge in [0.15, 0.2) is 0 Å². The summed E-state index contributed by atoms with van der Waals surface area (Å²) in [6, 6.07) is 10.6. The molecule has 1 heterocycles. The Hall–Kier alpha value is -2.79. The van der Waals surface area contributed by atoms with Crippen LogP contribution >= 0.6 is 11.6 Å². The van der Waals surface area contributed by atoms with Crippen LogP contribution < -0.4 is 10.2 Å². The van der Waals surface area contributed by atoms with E-state index in [4.69, 9.17) is 11.6 Å². The minimum absolute atomic E-state index is 0.144. The fraction of sp³-hybridized carbons (Fsp3) is 0.429. The van der Waals surface area contributed by atoms with Crippen molar-refractivity contribution in [1.29, 1.82) is 0 Å². The van der Waals surface area contributed by atoms with Crippen LogP contribution in [0.25, 0.3) is 0 Å². The lowest BCUT2D eigenvalue weighted by atomic mass is 9.78. The summed E-state index contributed by atoms with van der Waals surface area (Å²) in [5.74, 6) is -0.849. The van der Waals surface area contributed by atoms with E-state index in [9.17, 15) is 14.7 Å². The third-order valence-corrected chi connectivity index (χ3v) is 6.87. The molecule has 1 aliphatic heterocycles. The topological polar surface area (TPSA) is 69.6 Å². The molecule has 0 fully saturated rings. The molecule has 2 N–H and O–H groups in total. The first-order valence-corrected chi connectivity index (χ1v) is 12.1. The fourth-order valence-corrected chi connectivity index (χ4v) is 4.72. The number of halogens is 1. The number of carbonyl (C=O) groups excluding carboxylic acids is 1. The number of amides is 2. The number of carboxylic acid groups (broad SMARTS) is 1. The Labute approximate surface area is 207 Å². The molecule has 5 nitrogen and oxygen atoms in total. The van der Waals surface area contributed by atoms with Gasteiger partial charge in [-0.1, -0.05) is 58.4 Å². The zero-order chi connectivity index (χ0) is 25.4. The first-order valence-electron chi connectivity index (χ1n) is 11.7. The summed E-state index contributed by atoms with van der Waals surface area (Å²) in [7, 11) is 0. The van der Waals surface area contributed by atoms with Crippen molar-refractivity contribution in [2.24, 2.45) is 11.3 Å². The van der Waals surface area contributed by atoms with Gasteiger partial charge in [0.25, 0.3) is 0 Å². The number of urea groups is 1. The van der Waals surface area contributed by atoms with Gasteiger partial charge in [-0.15, -0.1) is 0 Å². The van der Waals surface area contributed by atoms with Gasteiger partial charge in [0.05, 0.1) is 16.8 Å². The summed E-state index contributed by atoms with van der Waals surface area (Å²) in [6.07, 6.45) is 3.82. The Morgan fingerprint density at radius 3 is 2.38 bits per heavy atom. The van der Waals surface area contributed by atoms with Gasteiger partial charge in [0.1, 0.15) is 0 Å². The Balaban J connectivity index is 2.01. The lowest BCUT2D eigenvalue weighted by molar-refractivity contribution is 0.0696. The van der Waals surface area contributed by atoms with Crippen molar-refractivity contribution in [2.75, 3.05) is 4.90 Å². The van der Waals surface area contributed by atoms with E-state index in [1.165, 1.54) is 6.07 Å². The fourth-order valence-electron chi connectivity index (χ4n) is 4.45. The number of aromatic carboxylic acids is 1. The van der Waals surface area contributed by atoms with Gasteiger partial charge in [-0.05, 0) is 84.6 Å². The quantitative estimate of drug-likeness (QED) is 0.453. The Morgan fingerprint density at radius 1 is 1.18 bits per heavy atom. The van der Waals surface area contributed by atoms with Crippen LogP contribution in [0.5, 0.6) is 0 Å². The average molecular weight is 483 g/mol. The van der Waals surface area contributed by atoms with Crippen LogP contribution in [0.2, 0.25) is 5.02 Å². The highest BCUT2D eigenvalue weighted by molar-refractivity contribution is 6.31. The van der Waals surface area contributed by atoms with Crippen LogP contribution in [0.1, 0.15) is 75.0 Å². The van der Waals surface area contributed by atoms with E-state index in [1.54, 1.807) is 17.0 Å². The highest BCUT2D eigenvalue weighted by Gasteiger charge is 2.40. The normalized spacial score (nSPS) is 18.7. The largest absolute Gasteiger partial charge is 0.478 e. The molecule has 182 valence electrons. The van der Waals surface area contributed by atoms with Crippen LogP contribution in [-0.2, 0) is 12.0 Å². The number of anilines is 1. The SMILES string of the molecule is Cc1cc(C(=O)O)ccc1N1C=C(C(C)C)[C@](C)(c2ccc(CCC(C)(C)C)c(Cl)c2)NC1=O. The van der Waals surface area contributed by atoms with Crippen molar-refractivity contribution < 1.29 is 14.7 Å². The van der Waals surface area contributed by atoms with Gasteiger partial charge in [0.2, 0.25) is 0 Å². The van der Waals surface area contributed by atoms with Crippen LogP contribution in [0.15, 0.2) is 48.2 Å². The van der Waals surface area contributed by atoms with E-state index in [0.717, 1.165) is 29.5 Å². The number of aryl methyl sites for hydroxylation is 2. The van der Waals surface area contributed by atoms with Crippen molar-refractivity contribution >= 4 is 29.3 Å². The van der Waals surface area contributed by atoms with E-state index in [0.29, 0.717) is 16.3 Å². The molecule has 0 unspecified atom stereocenters. The molecule has 0 aromatic heterocycles. The number of benzene rings is 2. The third kappa shape index (κ3) is 5.30. The molecular formula is C28H35ClN2O3. The highest BCUT2D eigenvalue weighted by atomic mass is 35.5. The first-order chi connectivity index (χ1) is 15.7. The summed E-state index contributed by atoms with van der Waals surface area (Å²) < 4.78 is 0. The van der Waals surface area contributed by atoms with E-state index < -0.39 is 11.5 Å². The number of hydrogen-bond acceptors (Lipinski definition) is 2. The molecule has 34 heavy (non-hydrogen) atoms. The van der Waals surface area contributed by atoms with Crippen molar-refractivity contribution in [3.63, 3.8) is 0 Å². The maximum absolute atomic E-state index is 13.3. The van der Waals surface area contributed by atoms with Crippen molar-refractivity contribution in [1.82, 2.24) is 5.32 Å². The zero-order valence-electron chi connectivity index (χ0n) is 21.1. The standard InChI is InChI=1S/C28H35ClN2O3/c1-17(2)22-16-31(24-11-9-20(25(32)33)14-18(24)3)26(34)30-28(22,7)21-10-8-19(23(29)15-21)12-13-27(4,5)6/h8-11,14-17H,12-13H2,1-7H3,(H,30,34)(H,32,33)/t28-/m0/s1. The molecule has 2 aromatic rings. The molecule has 0 aliphatic carbocycles. The van der Waals surface area contributed by atoms with E-state index >= 15 is 0 Å². The maximum atomic E-state index is 13.3. The molecule has 0 bridgehead atoms. The summed E-state index contributed by atoms with van der Waals surface area (Å²) in [5.41, 5.74) is 4.14. The molecule has 2 amide bonds. The number of nitrogens with zero attached hydrogens (tertiary/aromatic N) is 1. The highest BCUT2D eigenvalue weighted by Crippen LogP contribution is 2.40. The second-order valence-corrected chi connectivity index (χ2v) is 11.2. The smallest absolute Gasteiger partial charge is 0.335 e. The molecular weight excluding hydrogens is 448 g/mol. The Bertz CT molecular complexity index is 1150. The molecule has 2 aromatic carbocycles. The molecule has 0 spiro atoms. The minimum atomic E-state index is -0.994. The van der Waals surface area contributed by atoms with Gasteiger partial charge in [-0.25, -0.2) is 9.59 Å². The monoisotopic (exact) mass is 482 g/mol. The summed E-state index contributed by atoms with van der Waals surface area (Å²) in [5, 5.41) is 13.2. The Morgan fingerprint density at radius 2 is 1.85 bits per heavy atom. The van der Waals surface area contributed by atoms with Gasteiger partial charge in [-0.2, -0.15) is 0 Å². The number of carbonyl (C=O) groups is 2. The maximum Gasteiger partial charge on any atom is 0.335 e. The molecule has 0 saturated heterocycles. The Kier molecular flexibility index (Phi) is 7.18. The van der Waals surface area contributed by atoms with Crippen LogP contribution in [-0.4, -0.2) is 17.1 Å². The second-order valence-electron chi connectivity index (χ2n) is 10.8. The number of hydrogen-bond donors (Lipinski definition) is 2. The summed E-state index contributed by atoms with van der Waals surface area (Å²) in [4.78, 5) is 26.2. The third-order valence-electron chi connectivity index (χ3n) is 6.52. The van der Waals surface area contributed by atoms with Crippen molar-refractivity contribution in [3.05, 3.63) is 75.4 Å². The van der Waals surface area contributed by atoms with Gasteiger partial charge in [-0.3, -0.25) is 4.90 Å². The molecule has 1 aliphatic rings. The van der Waals surface area contributed by atoms with Gasteiger partial charge >= 0.3 is 12.0 Å². The van der Waals surface area contributed by atoms with E-state index in [2.05, 4.69) is 52.1 Å². The zero-order valence-corrected chi connectivity index (χ0v) is 21.9. The lowest BCUT2D eigenvalue weighted by Gasteiger charge is -2.42. The molecule has 0 saturated carbocycles. The van der Waals surface area contributed by atoms with Gasteiger partial charge in [0, 0.05) is 11.2 Å². The number of rotatable bonds is 6. The van der Waals surface area contributed by atoms with Crippen LogP contribution in [0.4, 0.5) is 10.5 Å². The van der Waals surface area contributed by atoms with E-state index in [-0.39, 0.29) is 22.9 Å². The van der Waals surface area contributed by atoms with Crippen molar-refractivity contribution in [3.8, 4) is 0 Å². The minimum Gasteiger partial charge on any atom is -0.478 e. The van der Waals surface area contributed by atoms with Crippen LogP contribution in [0, 0.1) is 18.3 Å². The predicted octanol–water partition coefficient (Wildman–Crippen LogP) is 7.31. The molecule has 3 rings (SSSR count). The average Bonchev–Trinajstić information content (AvgIpc) is 2.72. The van der Waals surface area contributed by atoms with Gasteiger partial charge < -0.3 is 10.4 Å².